The fourth-order valence-electron chi connectivity index (χ4n) is 1.38. The van der Waals surface area contributed by atoms with Gasteiger partial charge in [0.05, 0.1) is 0 Å². The fourth-order valence-corrected chi connectivity index (χ4v) is 1.38. The number of hydrogen-bond donors (Lipinski definition) is 3. The summed E-state index contributed by atoms with van der Waals surface area (Å²) in [6, 6.07) is 6.42. The molecule has 4 N–H and O–H groups in total. The SMILES string of the molecule is C[C@H](NC(=O)CCc1cccc(N)c1)C(=O)O. The third kappa shape index (κ3) is 4.55. The van der Waals surface area contributed by atoms with Crippen molar-refractivity contribution in [2.45, 2.75) is 25.8 Å². The van der Waals surface area contributed by atoms with E-state index in [1.165, 1.54) is 6.92 Å². The lowest BCUT2D eigenvalue weighted by molar-refractivity contribution is -0.141. The van der Waals surface area contributed by atoms with E-state index in [0.717, 1.165) is 5.56 Å². The van der Waals surface area contributed by atoms with Gasteiger partial charge in [0.1, 0.15) is 6.04 Å². The first-order chi connectivity index (χ1) is 7.99. The first-order valence-electron chi connectivity index (χ1n) is 5.35. The summed E-state index contributed by atoms with van der Waals surface area (Å²) in [5.41, 5.74) is 7.22. The van der Waals surface area contributed by atoms with E-state index in [4.69, 9.17) is 10.8 Å². The third-order valence-electron chi connectivity index (χ3n) is 2.34. The van der Waals surface area contributed by atoms with Crippen LogP contribution in [0.5, 0.6) is 0 Å². The van der Waals surface area contributed by atoms with E-state index in [2.05, 4.69) is 5.32 Å². The first kappa shape index (κ1) is 13.0. The van der Waals surface area contributed by atoms with Crippen molar-refractivity contribution < 1.29 is 14.7 Å². The lowest BCUT2D eigenvalue weighted by atomic mass is 10.1. The number of carbonyl (C=O) groups is 2. The molecule has 0 saturated carbocycles. The Kier molecular flexibility index (Phi) is 4.51. The van der Waals surface area contributed by atoms with Gasteiger partial charge in [-0.3, -0.25) is 9.59 Å². The summed E-state index contributed by atoms with van der Waals surface area (Å²) in [4.78, 5) is 21.9. The Morgan fingerprint density at radius 2 is 2.18 bits per heavy atom. The van der Waals surface area contributed by atoms with Crippen LogP contribution < -0.4 is 11.1 Å². The lowest BCUT2D eigenvalue weighted by Gasteiger charge is -2.09. The second kappa shape index (κ2) is 5.89. The molecule has 17 heavy (non-hydrogen) atoms. The highest BCUT2D eigenvalue weighted by Gasteiger charge is 2.13. The van der Waals surface area contributed by atoms with Crippen molar-refractivity contribution >= 4 is 17.6 Å². The normalized spacial score (nSPS) is 11.8. The molecule has 0 unspecified atom stereocenters. The third-order valence-corrected chi connectivity index (χ3v) is 2.34. The number of anilines is 1. The molecule has 1 atom stereocenters. The average molecular weight is 236 g/mol. The standard InChI is InChI=1S/C12H16N2O3/c1-8(12(16)17)14-11(15)6-5-9-3-2-4-10(13)7-9/h2-4,7-8H,5-6,13H2,1H3,(H,14,15)(H,16,17)/t8-/m0/s1. The van der Waals surface area contributed by atoms with E-state index in [-0.39, 0.29) is 12.3 Å². The van der Waals surface area contributed by atoms with Crippen LogP contribution in [0.4, 0.5) is 5.69 Å². The molecule has 5 nitrogen and oxygen atoms in total. The number of benzene rings is 1. The molecule has 1 rings (SSSR count). The number of rotatable bonds is 5. The number of carbonyl (C=O) groups excluding carboxylic acids is 1. The number of aliphatic carboxylic acids is 1. The molecule has 0 aliphatic rings. The monoisotopic (exact) mass is 236 g/mol. The van der Waals surface area contributed by atoms with Crippen molar-refractivity contribution in [3.8, 4) is 0 Å². The summed E-state index contributed by atoms with van der Waals surface area (Å²) in [6.45, 7) is 1.43. The molecular weight excluding hydrogens is 220 g/mol. The van der Waals surface area contributed by atoms with Gasteiger partial charge in [0.15, 0.2) is 0 Å². The van der Waals surface area contributed by atoms with E-state index >= 15 is 0 Å². The minimum atomic E-state index is -1.04. The summed E-state index contributed by atoms with van der Waals surface area (Å²) in [6.07, 6.45) is 0.796. The minimum Gasteiger partial charge on any atom is -0.480 e. The molecule has 0 spiro atoms. The number of carboxylic acids is 1. The predicted molar refractivity (Wildman–Crippen MR) is 64.4 cm³/mol. The summed E-state index contributed by atoms with van der Waals surface area (Å²) in [7, 11) is 0. The maximum Gasteiger partial charge on any atom is 0.325 e. The van der Waals surface area contributed by atoms with Crippen molar-refractivity contribution in [1.82, 2.24) is 5.32 Å². The molecule has 0 saturated heterocycles. The number of nitrogen functional groups attached to an aromatic ring is 1. The molecule has 1 aromatic carbocycles. The highest BCUT2D eigenvalue weighted by Crippen LogP contribution is 2.08. The highest BCUT2D eigenvalue weighted by atomic mass is 16.4. The molecule has 0 aliphatic heterocycles. The van der Waals surface area contributed by atoms with Crippen LogP contribution in [0, 0.1) is 0 Å². The lowest BCUT2D eigenvalue weighted by Crippen LogP contribution is -2.38. The van der Waals surface area contributed by atoms with Crippen LogP contribution in [0.15, 0.2) is 24.3 Å². The van der Waals surface area contributed by atoms with Crippen molar-refractivity contribution in [1.29, 1.82) is 0 Å². The van der Waals surface area contributed by atoms with Gasteiger partial charge in [0, 0.05) is 12.1 Å². The van der Waals surface area contributed by atoms with Crippen LogP contribution in [-0.4, -0.2) is 23.0 Å². The van der Waals surface area contributed by atoms with Gasteiger partial charge in [-0.2, -0.15) is 0 Å². The molecule has 0 aliphatic carbocycles. The van der Waals surface area contributed by atoms with Gasteiger partial charge in [-0.15, -0.1) is 0 Å². The molecule has 0 heterocycles. The molecular formula is C12H16N2O3. The van der Waals surface area contributed by atoms with Gasteiger partial charge in [-0.25, -0.2) is 0 Å². The average Bonchev–Trinajstić information content (AvgIpc) is 2.26. The van der Waals surface area contributed by atoms with Crippen LogP contribution in [0.3, 0.4) is 0 Å². The molecule has 92 valence electrons. The topological polar surface area (TPSA) is 92.4 Å². The van der Waals surface area contributed by atoms with E-state index in [1.807, 2.05) is 12.1 Å². The van der Waals surface area contributed by atoms with Crippen LogP contribution in [-0.2, 0) is 16.0 Å². The van der Waals surface area contributed by atoms with E-state index in [0.29, 0.717) is 12.1 Å². The summed E-state index contributed by atoms with van der Waals surface area (Å²) in [5, 5.41) is 11.0. The van der Waals surface area contributed by atoms with Gasteiger partial charge < -0.3 is 16.2 Å². The van der Waals surface area contributed by atoms with Crippen molar-refractivity contribution in [3.63, 3.8) is 0 Å². The fraction of sp³-hybridized carbons (Fsp3) is 0.333. The quantitative estimate of drug-likeness (QED) is 0.659. The second-order valence-corrected chi connectivity index (χ2v) is 3.87. The molecule has 5 heteroatoms. The Bertz CT molecular complexity index is 418. The number of aryl methyl sites for hydroxylation is 1. The van der Waals surface area contributed by atoms with Crippen LogP contribution in [0.25, 0.3) is 0 Å². The van der Waals surface area contributed by atoms with Gasteiger partial charge >= 0.3 is 5.97 Å². The Morgan fingerprint density at radius 3 is 2.76 bits per heavy atom. The maximum absolute atomic E-state index is 11.4. The second-order valence-electron chi connectivity index (χ2n) is 3.87. The van der Waals surface area contributed by atoms with Gasteiger partial charge in [0.2, 0.25) is 5.91 Å². The smallest absolute Gasteiger partial charge is 0.325 e. The van der Waals surface area contributed by atoms with Crippen LogP contribution in [0.1, 0.15) is 18.9 Å². The Balaban J connectivity index is 2.41. The maximum atomic E-state index is 11.4. The zero-order chi connectivity index (χ0) is 12.8. The van der Waals surface area contributed by atoms with E-state index < -0.39 is 12.0 Å². The molecule has 0 fully saturated rings. The van der Waals surface area contributed by atoms with Crippen LogP contribution >= 0.6 is 0 Å². The number of amides is 1. The van der Waals surface area contributed by atoms with E-state index in [1.54, 1.807) is 12.1 Å². The van der Waals surface area contributed by atoms with Gasteiger partial charge in [-0.1, -0.05) is 12.1 Å². The Morgan fingerprint density at radius 1 is 1.47 bits per heavy atom. The minimum absolute atomic E-state index is 0.251. The predicted octanol–water partition coefficient (Wildman–Crippen LogP) is 0.791. The zero-order valence-corrected chi connectivity index (χ0v) is 9.64. The highest BCUT2D eigenvalue weighted by molar-refractivity contribution is 5.83. The van der Waals surface area contributed by atoms with Crippen molar-refractivity contribution in [2.24, 2.45) is 0 Å². The molecule has 0 radical (unpaired) electrons. The van der Waals surface area contributed by atoms with Crippen molar-refractivity contribution in [3.05, 3.63) is 29.8 Å². The van der Waals surface area contributed by atoms with Crippen molar-refractivity contribution in [2.75, 3.05) is 5.73 Å². The summed E-state index contributed by atoms with van der Waals surface area (Å²) >= 11 is 0. The summed E-state index contributed by atoms with van der Waals surface area (Å²) in [5.74, 6) is -1.32. The van der Waals surface area contributed by atoms with Gasteiger partial charge in [-0.05, 0) is 31.0 Å². The Hall–Kier alpha value is -2.04. The molecule has 0 bridgehead atoms. The van der Waals surface area contributed by atoms with E-state index in [9.17, 15) is 9.59 Å². The number of carboxylic acid groups (broad SMARTS) is 1. The molecule has 1 aromatic rings. The molecule has 0 aromatic heterocycles. The summed E-state index contributed by atoms with van der Waals surface area (Å²) < 4.78 is 0. The number of nitrogens with one attached hydrogen (secondary N) is 1. The van der Waals surface area contributed by atoms with Crippen LogP contribution in [0.2, 0.25) is 0 Å². The number of hydrogen-bond acceptors (Lipinski definition) is 3. The zero-order valence-electron chi connectivity index (χ0n) is 9.64. The largest absolute Gasteiger partial charge is 0.480 e. The molecule has 1 amide bonds. The first-order valence-corrected chi connectivity index (χ1v) is 5.35. The number of nitrogens with two attached hydrogens (primary N) is 1. The van der Waals surface area contributed by atoms with Gasteiger partial charge in [0.25, 0.3) is 0 Å². The Labute approximate surface area is 99.6 Å².